The van der Waals surface area contributed by atoms with Crippen LogP contribution in [0.5, 0.6) is 5.75 Å². The number of ketones is 1. The normalized spacial score (nSPS) is 10.6. The standard InChI is InChI=1S/C11H13F2NO2/c1-16-10-7(9(15)5-6-14)3-2-4-8(10)11(12)13/h2-4,11H,5-6,14H2,1H3. The first kappa shape index (κ1) is 12.6. The maximum absolute atomic E-state index is 12.6. The second-order valence-corrected chi connectivity index (χ2v) is 3.19. The summed E-state index contributed by atoms with van der Waals surface area (Å²) in [7, 11) is 1.26. The third kappa shape index (κ3) is 2.55. The van der Waals surface area contributed by atoms with Gasteiger partial charge in [-0.2, -0.15) is 0 Å². The molecule has 0 saturated heterocycles. The van der Waals surface area contributed by atoms with Crippen molar-refractivity contribution in [3.05, 3.63) is 29.3 Å². The number of Topliss-reactive ketones (excluding diaryl/α,β-unsaturated/α-hetero) is 1. The molecular weight excluding hydrogens is 216 g/mol. The number of methoxy groups -OCH3 is 1. The zero-order valence-electron chi connectivity index (χ0n) is 8.87. The van der Waals surface area contributed by atoms with Gasteiger partial charge in [-0.3, -0.25) is 4.79 Å². The topological polar surface area (TPSA) is 52.3 Å². The number of carbonyl (C=O) groups excluding carboxylic acids is 1. The van der Waals surface area contributed by atoms with Crippen LogP contribution in [0.2, 0.25) is 0 Å². The molecule has 0 aliphatic carbocycles. The van der Waals surface area contributed by atoms with Crippen LogP contribution in [0.25, 0.3) is 0 Å². The van der Waals surface area contributed by atoms with Gasteiger partial charge in [0.2, 0.25) is 0 Å². The molecule has 0 aromatic heterocycles. The van der Waals surface area contributed by atoms with Crippen molar-refractivity contribution >= 4 is 5.78 Å². The number of carbonyl (C=O) groups is 1. The van der Waals surface area contributed by atoms with Crippen LogP contribution in [0.1, 0.15) is 28.8 Å². The monoisotopic (exact) mass is 229 g/mol. The van der Waals surface area contributed by atoms with Gasteiger partial charge in [-0.05, 0) is 18.7 Å². The summed E-state index contributed by atoms with van der Waals surface area (Å²) in [5, 5.41) is 0. The highest BCUT2D eigenvalue weighted by molar-refractivity contribution is 5.99. The number of ether oxygens (including phenoxy) is 1. The molecule has 88 valence electrons. The van der Waals surface area contributed by atoms with E-state index in [2.05, 4.69) is 0 Å². The van der Waals surface area contributed by atoms with Crippen LogP contribution < -0.4 is 10.5 Å². The lowest BCUT2D eigenvalue weighted by atomic mass is 10.0. The van der Waals surface area contributed by atoms with Gasteiger partial charge in [-0.25, -0.2) is 8.78 Å². The van der Waals surface area contributed by atoms with E-state index < -0.39 is 6.43 Å². The molecule has 0 radical (unpaired) electrons. The Hall–Kier alpha value is -1.49. The first-order valence-corrected chi connectivity index (χ1v) is 4.80. The summed E-state index contributed by atoms with van der Waals surface area (Å²) < 4.78 is 30.1. The Bertz CT molecular complexity index is 380. The summed E-state index contributed by atoms with van der Waals surface area (Å²) in [6.45, 7) is 0.181. The average molecular weight is 229 g/mol. The number of benzene rings is 1. The van der Waals surface area contributed by atoms with Crippen molar-refractivity contribution in [1.29, 1.82) is 0 Å². The molecule has 5 heteroatoms. The Balaban J connectivity index is 3.18. The quantitative estimate of drug-likeness (QED) is 0.787. The zero-order chi connectivity index (χ0) is 12.1. The molecule has 1 aromatic rings. The fourth-order valence-corrected chi connectivity index (χ4v) is 1.44. The van der Waals surface area contributed by atoms with Gasteiger partial charge in [0.25, 0.3) is 6.43 Å². The highest BCUT2D eigenvalue weighted by Crippen LogP contribution is 2.32. The zero-order valence-corrected chi connectivity index (χ0v) is 8.87. The third-order valence-corrected chi connectivity index (χ3v) is 2.16. The first-order chi connectivity index (χ1) is 7.61. The summed E-state index contributed by atoms with van der Waals surface area (Å²) in [5.41, 5.74) is 5.13. The molecule has 0 unspecified atom stereocenters. The van der Waals surface area contributed by atoms with Crippen molar-refractivity contribution in [3.63, 3.8) is 0 Å². The summed E-state index contributed by atoms with van der Waals surface area (Å²) in [5.74, 6) is -0.349. The van der Waals surface area contributed by atoms with Crippen LogP contribution in [0, 0.1) is 0 Å². The molecule has 2 N–H and O–H groups in total. The Morgan fingerprint density at radius 3 is 2.69 bits per heavy atom. The van der Waals surface area contributed by atoms with E-state index in [1.165, 1.54) is 25.3 Å². The molecule has 0 bridgehead atoms. The molecule has 0 aliphatic heterocycles. The molecule has 0 heterocycles. The minimum Gasteiger partial charge on any atom is -0.495 e. The number of para-hydroxylation sites is 1. The lowest BCUT2D eigenvalue weighted by Crippen LogP contribution is -2.10. The van der Waals surface area contributed by atoms with Gasteiger partial charge in [0.05, 0.1) is 18.2 Å². The second kappa shape index (κ2) is 5.55. The molecule has 16 heavy (non-hydrogen) atoms. The van der Waals surface area contributed by atoms with Gasteiger partial charge in [0.1, 0.15) is 5.75 Å². The summed E-state index contributed by atoms with van der Waals surface area (Å²) in [6, 6.07) is 4.11. The van der Waals surface area contributed by atoms with Crippen molar-refractivity contribution < 1.29 is 18.3 Å². The largest absolute Gasteiger partial charge is 0.495 e. The van der Waals surface area contributed by atoms with E-state index in [-0.39, 0.29) is 35.6 Å². The minimum atomic E-state index is -2.67. The second-order valence-electron chi connectivity index (χ2n) is 3.19. The maximum Gasteiger partial charge on any atom is 0.267 e. The maximum atomic E-state index is 12.6. The van der Waals surface area contributed by atoms with Gasteiger partial charge in [-0.1, -0.05) is 6.07 Å². The molecule has 0 fully saturated rings. The smallest absolute Gasteiger partial charge is 0.267 e. The Morgan fingerprint density at radius 1 is 1.50 bits per heavy atom. The fraction of sp³-hybridized carbons (Fsp3) is 0.364. The third-order valence-electron chi connectivity index (χ3n) is 2.16. The summed E-state index contributed by atoms with van der Waals surface area (Å²) in [6.07, 6.45) is -2.55. The molecule has 0 atom stereocenters. The predicted octanol–water partition coefficient (Wildman–Crippen LogP) is 2.16. The number of nitrogens with two attached hydrogens (primary N) is 1. The molecule has 0 amide bonds. The fourth-order valence-electron chi connectivity index (χ4n) is 1.44. The first-order valence-electron chi connectivity index (χ1n) is 4.80. The van der Waals surface area contributed by atoms with Gasteiger partial charge in [-0.15, -0.1) is 0 Å². The highest BCUT2D eigenvalue weighted by Gasteiger charge is 2.19. The van der Waals surface area contributed by atoms with Crippen LogP contribution in [0.3, 0.4) is 0 Å². The van der Waals surface area contributed by atoms with Crippen LogP contribution in [-0.2, 0) is 0 Å². The number of hydrogen-bond donors (Lipinski definition) is 1. The van der Waals surface area contributed by atoms with Gasteiger partial charge >= 0.3 is 0 Å². The Morgan fingerprint density at radius 2 is 2.19 bits per heavy atom. The average Bonchev–Trinajstić information content (AvgIpc) is 2.28. The van der Waals surface area contributed by atoms with E-state index in [1.54, 1.807) is 0 Å². The summed E-state index contributed by atoms with van der Waals surface area (Å²) >= 11 is 0. The van der Waals surface area contributed by atoms with E-state index >= 15 is 0 Å². The predicted molar refractivity (Wildman–Crippen MR) is 56.0 cm³/mol. The lowest BCUT2D eigenvalue weighted by Gasteiger charge is -2.11. The van der Waals surface area contributed by atoms with Crippen LogP contribution >= 0.6 is 0 Å². The van der Waals surface area contributed by atoms with Crippen LogP contribution in [0.15, 0.2) is 18.2 Å². The molecule has 0 aliphatic rings. The number of alkyl halides is 2. The van der Waals surface area contributed by atoms with E-state index in [0.717, 1.165) is 0 Å². The molecule has 1 aromatic carbocycles. The minimum absolute atomic E-state index is 0.0593. The van der Waals surface area contributed by atoms with Gasteiger partial charge < -0.3 is 10.5 Å². The molecule has 3 nitrogen and oxygen atoms in total. The SMILES string of the molecule is COc1c(C(=O)CCN)cccc1C(F)F. The van der Waals surface area contributed by atoms with E-state index in [9.17, 15) is 13.6 Å². The Kier molecular flexibility index (Phi) is 4.37. The highest BCUT2D eigenvalue weighted by atomic mass is 19.3. The molecule has 0 spiro atoms. The molecule has 1 rings (SSSR count). The van der Waals surface area contributed by atoms with Crippen LogP contribution in [-0.4, -0.2) is 19.4 Å². The van der Waals surface area contributed by atoms with E-state index in [4.69, 9.17) is 10.5 Å². The molecule has 0 saturated carbocycles. The summed E-state index contributed by atoms with van der Waals surface area (Å²) in [4.78, 5) is 11.6. The van der Waals surface area contributed by atoms with Crippen molar-refractivity contribution in [1.82, 2.24) is 0 Å². The number of halogens is 2. The van der Waals surface area contributed by atoms with E-state index in [0.29, 0.717) is 0 Å². The van der Waals surface area contributed by atoms with Gasteiger partial charge in [0.15, 0.2) is 5.78 Å². The molecular formula is C11H13F2NO2. The van der Waals surface area contributed by atoms with E-state index in [1.807, 2.05) is 0 Å². The van der Waals surface area contributed by atoms with Crippen molar-refractivity contribution in [3.8, 4) is 5.75 Å². The Labute approximate surface area is 92.2 Å². The van der Waals surface area contributed by atoms with Crippen molar-refractivity contribution in [2.75, 3.05) is 13.7 Å². The van der Waals surface area contributed by atoms with Gasteiger partial charge in [0, 0.05) is 6.42 Å². The van der Waals surface area contributed by atoms with Crippen LogP contribution in [0.4, 0.5) is 8.78 Å². The number of hydrogen-bond acceptors (Lipinski definition) is 3. The van der Waals surface area contributed by atoms with Crippen molar-refractivity contribution in [2.45, 2.75) is 12.8 Å². The van der Waals surface area contributed by atoms with Crippen molar-refractivity contribution in [2.24, 2.45) is 5.73 Å². The lowest BCUT2D eigenvalue weighted by molar-refractivity contribution is 0.0981. The number of rotatable bonds is 5.